The predicted molar refractivity (Wildman–Crippen MR) is 91.2 cm³/mol. The number of pyridine rings is 1. The second-order valence-electron chi connectivity index (χ2n) is 5.56. The van der Waals surface area contributed by atoms with Crippen molar-refractivity contribution in [2.45, 2.75) is 26.3 Å². The van der Waals surface area contributed by atoms with Crippen LogP contribution >= 0.6 is 15.9 Å². The van der Waals surface area contributed by atoms with Crippen molar-refractivity contribution >= 4 is 27.4 Å². The van der Waals surface area contributed by atoms with Gasteiger partial charge in [0.05, 0.1) is 10.7 Å². The van der Waals surface area contributed by atoms with Crippen molar-refractivity contribution in [3.63, 3.8) is 0 Å². The summed E-state index contributed by atoms with van der Waals surface area (Å²) in [4.78, 5) is 9.85. The normalized spacial score (nSPS) is 11.2. The van der Waals surface area contributed by atoms with Gasteiger partial charge in [0.1, 0.15) is 12.9 Å². The van der Waals surface area contributed by atoms with Crippen molar-refractivity contribution in [3.05, 3.63) is 52.5 Å². The van der Waals surface area contributed by atoms with E-state index in [1.165, 1.54) is 0 Å². The molecule has 0 aromatic carbocycles. The van der Waals surface area contributed by atoms with Crippen LogP contribution in [0.1, 0.15) is 31.0 Å². The van der Waals surface area contributed by atoms with Crippen molar-refractivity contribution in [3.8, 4) is 0 Å². The van der Waals surface area contributed by atoms with E-state index in [1.54, 1.807) is 18.0 Å². The quantitative estimate of drug-likeness (QED) is 0.695. The maximum absolute atomic E-state index is 5.19. The summed E-state index contributed by atoms with van der Waals surface area (Å²) in [5.74, 6) is 1.26. The van der Waals surface area contributed by atoms with Crippen LogP contribution in [0.3, 0.4) is 0 Å². The van der Waals surface area contributed by atoms with E-state index >= 15 is 0 Å². The molecule has 3 aromatic rings. The molecule has 1 N–H and O–H groups in total. The summed E-state index contributed by atoms with van der Waals surface area (Å²) in [5, 5.41) is 7.81. The molecule has 0 fully saturated rings. The SMILES string of the molecule is CO[n+]1cccc(CNc2cc(C(C)C)nc3c(Br)cnn23)c1. The summed E-state index contributed by atoms with van der Waals surface area (Å²) in [7, 11) is 1.64. The Morgan fingerprint density at radius 2 is 2.26 bits per heavy atom. The van der Waals surface area contributed by atoms with Crippen LogP contribution in [0.5, 0.6) is 0 Å². The standard InChI is InChI=1S/C16H19BrN5O/c1-11(2)14-7-15(22-16(20-14)13(17)9-19-22)18-8-12-5-4-6-21(10-12)23-3/h4-7,9-11,18H,8H2,1-3H3/q+1. The summed E-state index contributed by atoms with van der Waals surface area (Å²) in [5.41, 5.74) is 2.96. The van der Waals surface area contributed by atoms with E-state index in [9.17, 15) is 0 Å². The monoisotopic (exact) mass is 376 g/mol. The van der Waals surface area contributed by atoms with E-state index < -0.39 is 0 Å². The first kappa shape index (κ1) is 15.7. The zero-order valence-corrected chi connectivity index (χ0v) is 14.9. The molecule has 0 amide bonds. The fourth-order valence-corrected chi connectivity index (χ4v) is 2.64. The number of halogens is 1. The first-order valence-corrected chi connectivity index (χ1v) is 8.20. The highest BCUT2D eigenvalue weighted by Gasteiger charge is 2.12. The van der Waals surface area contributed by atoms with Crippen LogP contribution in [0.15, 0.2) is 41.3 Å². The van der Waals surface area contributed by atoms with Crippen LogP contribution in [0, 0.1) is 0 Å². The van der Waals surface area contributed by atoms with E-state index in [0.29, 0.717) is 12.5 Å². The third kappa shape index (κ3) is 3.29. The number of hydrogen-bond donors (Lipinski definition) is 1. The number of aromatic nitrogens is 4. The summed E-state index contributed by atoms with van der Waals surface area (Å²) in [6, 6.07) is 6.04. The summed E-state index contributed by atoms with van der Waals surface area (Å²) >= 11 is 3.51. The van der Waals surface area contributed by atoms with Crippen molar-refractivity contribution < 1.29 is 9.57 Å². The molecule has 0 saturated heterocycles. The topological polar surface area (TPSA) is 55.3 Å². The Morgan fingerprint density at radius 3 is 3.00 bits per heavy atom. The van der Waals surface area contributed by atoms with Gasteiger partial charge in [-0.15, -0.1) is 0 Å². The molecule has 0 atom stereocenters. The first-order chi connectivity index (χ1) is 11.1. The van der Waals surface area contributed by atoms with Crippen LogP contribution in [-0.4, -0.2) is 21.7 Å². The van der Waals surface area contributed by atoms with Gasteiger partial charge in [-0.1, -0.05) is 13.8 Å². The van der Waals surface area contributed by atoms with Crippen molar-refractivity contribution in [1.82, 2.24) is 14.6 Å². The minimum atomic E-state index is 0.342. The Labute approximate surface area is 143 Å². The molecule has 3 rings (SSSR count). The summed E-state index contributed by atoms with van der Waals surface area (Å²) in [6.45, 7) is 4.93. The molecule has 7 heteroatoms. The lowest BCUT2D eigenvalue weighted by molar-refractivity contribution is -0.885. The van der Waals surface area contributed by atoms with Gasteiger partial charge in [-0.05, 0) is 27.9 Å². The van der Waals surface area contributed by atoms with Crippen molar-refractivity contribution in [1.29, 1.82) is 0 Å². The van der Waals surface area contributed by atoms with Crippen molar-refractivity contribution in [2.24, 2.45) is 0 Å². The van der Waals surface area contributed by atoms with Gasteiger partial charge in [0.25, 0.3) is 0 Å². The molecule has 3 heterocycles. The summed E-state index contributed by atoms with van der Waals surface area (Å²) in [6.07, 6.45) is 5.56. The molecule has 0 radical (unpaired) electrons. The molecular weight excluding hydrogens is 358 g/mol. The molecule has 6 nitrogen and oxygen atoms in total. The number of fused-ring (bicyclic) bond motifs is 1. The Hall–Kier alpha value is -2.15. The number of anilines is 1. The van der Waals surface area contributed by atoms with Gasteiger partial charge < -0.3 is 5.32 Å². The Bertz CT molecular complexity index is 830. The highest BCUT2D eigenvalue weighted by molar-refractivity contribution is 9.10. The fraction of sp³-hybridized carbons (Fsp3) is 0.312. The van der Waals surface area contributed by atoms with E-state index in [-0.39, 0.29) is 0 Å². The van der Waals surface area contributed by atoms with Crippen LogP contribution in [0.25, 0.3) is 5.65 Å². The van der Waals surface area contributed by atoms with Crippen LogP contribution < -0.4 is 14.9 Å². The number of nitrogens with zero attached hydrogens (tertiary/aromatic N) is 4. The van der Waals surface area contributed by atoms with Gasteiger partial charge in [0.2, 0.25) is 12.4 Å². The lowest BCUT2D eigenvalue weighted by Crippen LogP contribution is -2.40. The first-order valence-electron chi connectivity index (χ1n) is 7.41. The average Bonchev–Trinajstić information content (AvgIpc) is 2.94. The molecule has 23 heavy (non-hydrogen) atoms. The zero-order valence-electron chi connectivity index (χ0n) is 13.3. The average molecular weight is 377 g/mol. The van der Waals surface area contributed by atoms with Crippen LogP contribution in [0.2, 0.25) is 0 Å². The smallest absolute Gasteiger partial charge is 0.227 e. The van der Waals surface area contributed by atoms with Gasteiger partial charge >= 0.3 is 0 Å². The van der Waals surface area contributed by atoms with Gasteiger partial charge in [0, 0.05) is 34.7 Å². The maximum atomic E-state index is 5.19. The van der Waals surface area contributed by atoms with E-state index in [2.05, 4.69) is 45.2 Å². The minimum Gasteiger partial charge on any atom is -0.366 e. The second kappa shape index (κ2) is 6.54. The van der Waals surface area contributed by atoms with E-state index in [0.717, 1.165) is 27.2 Å². The Kier molecular flexibility index (Phi) is 4.47. The van der Waals surface area contributed by atoms with E-state index in [1.807, 2.05) is 35.1 Å². The largest absolute Gasteiger partial charge is 0.366 e. The molecule has 0 bridgehead atoms. The number of hydrogen-bond acceptors (Lipinski definition) is 4. The lowest BCUT2D eigenvalue weighted by atomic mass is 10.1. The number of nitrogens with one attached hydrogen (secondary N) is 1. The molecule has 0 saturated carbocycles. The van der Waals surface area contributed by atoms with Gasteiger partial charge in [-0.2, -0.15) is 9.61 Å². The minimum absolute atomic E-state index is 0.342. The molecule has 0 aliphatic rings. The third-order valence-corrected chi connectivity index (χ3v) is 4.12. The van der Waals surface area contributed by atoms with Crippen LogP contribution in [0.4, 0.5) is 5.82 Å². The highest BCUT2D eigenvalue weighted by Crippen LogP contribution is 2.23. The van der Waals surface area contributed by atoms with Gasteiger partial charge in [-0.25, -0.2) is 4.98 Å². The lowest BCUT2D eigenvalue weighted by Gasteiger charge is -2.12. The summed E-state index contributed by atoms with van der Waals surface area (Å²) < 4.78 is 4.37. The number of rotatable bonds is 5. The highest BCUT2D eigenvalue weighted by atomic mass is 79.9. The molecule has 120 valence electrons. The second-order valence-corrected chi connectivity index (χ2v) is 6.41. The molecule has 0 aliphatic carbocycles. The van der Waals surface area contributed by atoms with Gasteiger partial charge in [-0.3, -0.25) is 4.84 Å². The fourth-order valence-electron chi connectivity index (χ4n) is 2.29. The molecular formula is C16H19BrN5O+. The molecule has 0 unspecified atom stereocenters. The van der Waals surface area contributed by atoms with Crippen molar-refractivity contribution in [2.75, 3.05) is 12.4 Å². The van der Waals surface area contributed by atoms with Crippen LogP contribution in [-0.2, 0) is 6.54 Å². The maximum Gasteiger partial charge on any atom is 0.227 e. The third-order valence-electron chi connectivity index (χ3n) is 3.56. The Morgan fingerprint density at radius 1 is 1.43 bits per heavy atom. The molecule has 0 aliphatic heterocycles. The van der Waals surface area contributed by atoms with E-state index in [4.69, 9.17) is 4.84 Å². The predicted octanol–water partition coefficient (Wildman–Crippen LogP) is 2.57. The Balaban J connectivity index is 1.92. The zero-order chi connectivity index (χ0) is 16.4. The molecule has 3 aromatic heterocycles. The molecule has 0 spiro atoms. The van der Waals surface area contributed by atoms with Gasteiger partial charge in [0.15, 0.2) is 5.65 Å².